The Balaban J connectivity index is 1.91. The van der Waals surface area contributed by atoms with Crippen LogP contribution in [0.1, 0.15) is 39.2 Å². The summed E-state index contributed by atoms with van der Waals surface area (Å²) in [6, 6.07) is 6.01. The number of rotatable bonds is 9. The molecule has 0 aliphatic heterocycles. The summed E-state index contributed by atoms with van der Waals surface area (Å²) in [5, 5.41) is 13.8. The van der Waals surface area contributed by atoms with Crippen molar-refractivity contribution in [2.45, 2.75) is 46.3 Å². The van der Waals surface area contributed by atoms with Crippen molar-refractivity contribution in [3.8, 4) is 11.5 Å². The molecule has 0 saturated heterocycles. The molecule has 2 N–H and O–H groups in total. The maximum atomic E-state index is 10.3. The Morgan fingerprint density at radius 3 is 2.55 bits per heavy atom. The summed E-state index contributed by atoms with van der Waals surface area (Å²) in [6.45, 7) is 8.40. The van der Waals surface area contributed by atoms with Crippen LogP contribution >= 0.6 is 0 Å². The van der Waals surface area contributed by atoms with E-state index in [4.69, 9.17) is 9.47 Å². The summed E-state index contributed by atoms with van der Waals surface area (Å²) in [7, 11) is 1.65. The number of ether oxygens (including phenoxy) is 2. The average Bonchev–Trinajstić information content (AvgIpc) is 3.28. The molecule has 1 aliphatic carbocycles. The molecule has 0 bridgehead atoms. The van der Waals surface area contributed by atoms with E-state index < -0.39 is 0 Å². The van der Waals surface area contributed by atoms with Gasteiger partial charge in [0.25, 0.3) is 0 Å². The molecule has 0 spiro atoms. The Labute approximate surface area is 133 Å². The molecule has 0 amide bonds. The lowest BCUT2D eigenvalue weighted by Crippen LogP contribution is -2.36. The highest BCUT2D eigenvalue weighted by Crippen LogP contribution is 2.50. The minimum atomic E-state index is -0.213. The van der Waals surface area contributed by atoms with Gasteiger partial charge in [0.05, 0.1) is 19.8 Å². The lowest BCUT2D eigenvalue weighted by atomic mass is 9.90. The second-order valence-electron chi connectivity index (χ2n) is 6.57. The van der Waals surface area contributed by atoms with Crippen LogP contribution < -0.4 is 14.8 Å². The van der Waals surface area contributed by atoms with Gasteiger partial charge in [0.1, 0.15) is 0 Å². The molecule has 0 radical (unpaired) electrons. The van der Waals surface area contributed by atoms with Crippen LogP contribution in [0.15, 0.2) is 18.2 Å². The smallest absolute Gasteiger partial charge is 0.161 e. The molecule has 1 fully saturated rings. The predicted molar refractivity (Wildman–Crippen MR) is 88.4 cm³/mol. The van der Waals surface area contributed by atoms with Crippen molar-refractivity contribution in [2.75, 3.05) is 20.3 Å². The monoisotopic (exact) mass is 307 g/mol. The fraction of sp³-hybridized carbons (Fsp3) is 0.667. The molecule has 1 aliphatic rings. The molecule has 0 unspecified atom stereocenters. The third kappa shape index (κ3) is 3.93. The number of benzene rings is 1. The number of hydrogen-bond donors (Lipinski definition) is 2. The van der Waals surface area contributed by atoms with Gasteiger partial charge in [-0.2, -0.15) is 0 Å². The maximum absolute atomic E-state index is 10.3. The summed E-state index contributed by atoms with van der Waals surface area (Å²) in [5.41, 5.74) is 1.25. The third-order valence-electron chi connectivity index (χ3n) is 4.49. The van der Waals surface area contributed by atoms with Crippen molar-refractivity contribution >= 4 is 0 Å². The lowest BCUT2D eigenvalue weighted by molar-refractivity contribution is 0.0501. The molecule has 4 nitrogen and oxygen atoms in total. The summed E-state index contributed by atoms with van der Waals surface area (Å²) in [4.78, 5) is 0. The first kappa shape index (κ1) is 17.1. The van der Waals surface area contributed by atoms with Crippen LogP contribution in [-0.2, 0) is 6.54 Å². The highest BCUT2D eigenvalue weighted by atomic mass is 16.5. The molecule has 124 valence electrons. The lowest BCUT2D eigenvalue weighted by Gasteiger charge is -2.25. The Kier molecular flexibility index (Phi) is 5.70. The normalized spacial score (nSPS) is 17.4. The fourth-order valence-electron chi connectivity index (χ4n) is 3.00. The van der Waals surface area contributed by atoms with E-state index in [1.165, 1.54) is 5.56 Å². The number of hydrogen-bond acceptors (Lipinski definition) is 4. The Bertz CT molecular complexity index is 483. The summed E-state index contributed by atoms with van der Waals surface area (Å²) in [5.74, 6) is 1.86. The maximum Gasteiger partial charge on any atom is 0.161 e. The van der Waals surface area contributed by atoms with Crippen molar-refractivity contribution in [3.05, 3.63) is 23.8 Å². The molecule has 1 aromatic carbocycles. The fourth-order valence-corrected chi connectivity index (χ4v) is 3.00. The third-order valence-corrected chi connectivity index (χ3v) is 4.49. The first-order valence-corrected chi connectivity index (χ1v) is 8.21. The van der Waals surface area contributed by atoms with E-state index in [1.807, 2.05) is 25.1 Å². The van der Waals surface area contributed by atoms with E-state index in [0.717, 1.165) is 37.4 Å². The van der Waals surface area contributed by atoms with Gasteiger partial charge in [0.2, 0.25) is 0 Å². The zero-order chi connectivity index (χ0) is 16.2. The van der Waals surface area contributed by atoms with Crippen LogP contribution in [0.25, 0.3) is 0 Å². The molecule has 1 saturated carbocycles. The van der Waals surface area contributed by atoms with Crippen LogP contribution in [0, 0.1) is 11.3 Å². The molecule has 2 rings (SSSR count). The van der Waals surface area contributed by atoms with E-state index >= 15 is 0 Å². The van der Waals surface area contributed by atoms with E-state index in [2.05, 4.69) is 19.2 Å². The van der Waals surface area contributed by atoms with E-state index in [0.29, 0.717) is 12.5 Å². The van der Waals surface area contributed by atoms with Crippen molar-refractivity contribution < 1.29 is 14.6 Å². The minimum absolute atomic E-state index is 0.0867. The minimum Gasteiger partial charge on any atom is -0.493 e. The van der Waals surface area contributed by atoms with Gasteiger partial charge in [0, 0.05) is 18.5 Å². The summed E-state index contributed by atoms with van der Waals surface area (Å²) < 4.78 is 10.9. The predicted octanol–water partition coefficient (Wildman–Crippen LogP) is 2.98. The van der Waals surface area contributed by atoms with E-state index in [9.17, 15) is 5.11 Å². The highest BCUT2D eigenvalue weighted by Gasteiger charge is 2.49. The molecule has 4 heteroatoms. The van der Waals surface area contributed by atoms with Crippen LogP contribution in [-0.4, -0.2) is 31.5 Å². The molecule has 22 heavy (non-hydrogen) atoms. The van der Waals surface area contributed by atoms with Crippen molar-refractivity contribution in [2.24, 2.45) is 11.3 Å². The van der Waals surface area contributed by atoms with Crippen molar-refractivity contribution in [1.29, 1.82) is 0 Å². The van der Waals surface area contributed by atoms with Gasteiger partial charge in [-0.15, -0.1) is 0 Å². The van der Waals surface area contributed by atoms with E-state index in [1.54, 1.807) is 7.11 Å². The topological polar surface area (TPSA) is 50.7 Å². The van der Waals surface area contributed by atoms with Crippen LogP contribution in [0.2, 0.25) is 0 Å². The second kappa shape index (κ2) is 7.34. The van der Waals surface area contributed by atoms with Gasteiger partial charge < -0.3 is 19.9 Å². The number of aliphatic hydroxyl groups is 1. The van der Waals surface area contributed by atoms with Crippen LogP contribution in [0.4, 0.5) is 0 Å². The van der Waals surface area contributed by atoms with E-state index in [-0.39, 0.29) is 11.5 Å². The summed E-state index contributed by atoms with van der Waals surface area (Å²) in [6.07, 6.45) is 2.02. The van der Waals surface area contributed by atoms with Gasteiger partial charge in [0.15, 0.2) is 11.5 Å². The first-order chi connectivity index (χ1) is 10.5. The van der Waals surface area contributed by atoms with Crippen molar-refractivity contribution in [1.82, 2.24) is 5.32 Å². The van der Waals surface area contributed by atoms with Gasteiger partial charge in [-0.3, -0.25) is 0 Å². The highest BCUT2D eigenvalue weighted by molar-refractivity contribution is 5.42. The number of nitrogens with one attached hydrogen (secondary N) is 1. The van der Waals surface area contributed by atoms with Crippen LogP contribution in [0.5, 0.6) is 11.5 Å². The van der Waals surface area contributed by atoms with Gasteiger partial charge in [-0.25, -0.2) is 0 Å². The van der Waals surface area contributed by atoms with Crippen LogP contribution in [0.3, 0.4) is 0 Å². The Morgan fingerprint density at radius 1 is 1.27 bits per heavy atom. The molecule has 1 atom stereocenters. The second-order valence-corrected chi connectivity index (χ2v) is 6.57. The van der Waals surface area contributed by atoms with Gasteiger partial charge in [-0.05, 0) is 43.4 Å². The average molecular weight is 307 g/mol. The first-order valence-electron chi connectivity index (χ1n) is 8.21. The van der Waals surface area contributed by atoms with Gasteiger partial charge in [-0.1, -0.05) is 19.9 Å². The van der Waals surface area contributed by atoms with Crippen molar-refractivity contribution in [3.63, 3.8) is 0 Å². The number of methoxy groups -OCH3 is 1. The van der Waals surface area contributed by atoms with Gasteiger partial charge >= 0.3 is 0 Å². The standard InChI is InChI=1S/C18H29NO3/c1-5-22-16-10-14(6-7-15(16)21-4)11-19-12-18(8-9-18)17(20)13(2)3/h6-7,10,13,17,19-20H,5,8-9,11-12H2,1-4H3/t17-/m1/s1. The SMILES string of the molecule is CCOc1cc(CNCC2([C@H](O)C(C)C)CC2)ccc1OC. The molecule has 0 heterocycles. The zero-order valence-corrected chi connectivity index (χ0v) is 14.2. The largest absolute Gasteiger partial charge is 0.493 e. The Hall–Kier alpha value is -1.26. The molecular weight excluding hydrogens is 278 g/mol. The molecule has 0 aromatic heterocycles. The quantitative estimate of drug-likeness (QED) is 0.736. The molecular formula is C18H29NO3. The summed E-state index contributed by atoms with van der Waals surface area (Å²) >= 11 is 0. The number of aliphatic hydroxyl groups excluding tert-OH is 1. The molecule has 1 aromatic rings. The zero-order valence-electron chi connectivity index (χ0n) is 14.2. The Morgan fingerprint density at radius 2 is 2.00 bits per heavy atom.